The molecule has 2 N–H and O–H groups in total. The van der Waals surface area contributed by atoms with Crippen LogP contribution in [0.3, 0.4) is 0 Å². The Morgan fingerprint density at radius 2 is 2.00 bits per heavy atom. The van der Waals surface area contributed by atoms with Crippen molar-refractivity contribution in [2.75, 3.05) is 0 Å². The van der Waals surface area contributed by atoms with Crippen LogP contribution in [0, 0.1) is 5.92 Å². The standard InChI is InChI=1S/C18H20N2O4S/c21-17(20-13-7-5-12(6-8-13)18(22)23)15-3-1-2-4-16(15)24-9-14-10-25-11-19-14/h1-4,10-13H,5-9H2,(H,20,21)(H,22,23). The average molecular weight is 360 g/mol. The normalized spacial score (nSPS) is 20.0. The van der Waals surface area contributed by atoms with Gasteiger partial charge in [-0.25, -0.2) is 4.98 Å². The van der Waals surface area contributed by atoms with E-state index in [9.17, 15) is 9.59 Å². The fourth-order valence-corrected chi connectivity index (χ4v) is 3.53. The van der Waals surface area contributed by atoms with Crippen molar-refractivity contribution in [1.29, 1.82) is 0 Å². The first-order valence-electron chi connectivity index (χ1n) is 8.26. The van der Waals surface area contributed by atoms with Crippen LogP contribution in [0.1, 0.15) is 41.7 Å². The lowest BCUT2D eigenvalue weighted by atomic mass is 9.86. The van der Waals surface area contributed by atoms with E-state index in [2.05, 4.69) is 10.3 Å². The number of para-hydroxylation sites is 1. The summed E-state index contributed by atoms with van der Waals surface area (Å²) in [5, 5.41) is 14.0. The molecule has 3 rings (SSSR count). The molecule has 132 valence electrons. The Hall–Kier alpha value is -2.41. The number of nitrogens with zero attached hydrogens (tertiary/aromatic N) is 1. The average Bonchev–Trinajstić information content (AvgIpc) is 3.14. The largest absolute Gasteiger partial charge is 0.486 e. The maximum Gasteiger partial charge on any atom is 0.306 e. The first-order valence-corrected chi connectivity index (χ1v) is 9.20. The van der Waals surface area contributed by atoms with Crippen molar-refractivity contribution < 1.29 is 19.4 Å². The minimum atomic E-state index is -0.745. The van der Waals surface area contributed by atoms with E-state index in [-0.39, 0.29) is 17.9 Å². The molecule has 0 atom stereocenters. The molecule has 7 heteroatoms. The number of benzene rings is 1. The highest BCUT2D eigenvalue weighted by atomic mass is 32.1. The first-order chi connectivity index (χ1) is 12.1. The molecule has 6 nitrogen and oxygen atoms in total. The second-order valence-electron chi connectivity index (χ2n) is 6.12. The molecule has 1 aliphatic carbocycles. The van der Waals surface area contributed by atoms with E-state index in [4.69, 9.17) is 9.84 Å². The van der Waals surface area contributed by atoms with Crippen molar-refractivity contribution in [1.82, 2.24) is 10.3 Å². The van der Waals surface area contributed by atoms with E-state index in [1.807, 2.05) is 11.4 Å². The third-order valence-corrected chi connectivity index (χ3v) is 5.04. The number of rotatable bonds is 6. The van der Waals surface area contributed by atoms with Crippen LogP contribution in [0.5, 0.6) is 5.75 Å². The Kier molecular flexibility index (Phi) is 5.65. The summed E-state index contributed by atoms with van der Waals surface area (Å²) in [6, 6.07) is 7.13. The quantitative estimate of drug-likeness (QED) is 0.826. The lowest BCUT2D eigenvalue weighted by Gasteiger charge is -2.27. The molecule has 0 bridgehead atoms. The Labute approximate surface area is 149 Å². The summed E-state index contributed by atoms with van der Waals surface area (Å²) in [6.07, 6.45) is 2.57. The third-order valence-electron chi connectivity index (χ3n) is 4.40. The van der Waals surface area contributed by atoms with Crippen molar-refractivity contribution in [2.24, 2.45) is 5.92 Å². The van der Waals surface area contributed by atoms with Crippen LogP contribution in [0.15, 0.2) is 35.2 Å². The SMILES string of the molecule is O=C(NC1CCC(C(=O)O)CC1)c1ccccc1OCc1cscn1. The van der Waals surface area contributed by atoms with Gasteiger partial charge in [0.15, 0.2) is 0 Å². The fraction of sp³-hybridized carbons (Fsp3) is 0.389. The number of amides is 1. The molecule has 1 heterocycles. The minimum Gasteiger partial charge on any atom is -0.486 e. The van der Waals surface area contributed by atoms with E-state index in [0.29, 0.717) is 43.6 Å². The summed E-state index contributed by atoms with van der Waals surface area (Å²) in [5.74, 6) is -0.702. The summed E-state index contributed by atoms with van der Waals surface area (Å²) in [4.78, 5) is 27.8. The van der Waals surface area contributed by atoms with E-state index in [0.717, 1.165) is 5.69 Å². The number of carbonyl (C=O) groups is 2. The maximum atomic E-state index is 12.6. The molecule has 2 aromatic rings. The molecule has 0 aliphatic heterocycles. The van der Waals surface area contributed by atoms with Crippen molar-refractivity contribution >= 4 is 23.2 Å². The zero-order valence-corrected chi connectivity index (χ0v) is 14.5. The van der Waals surface area contributed by atoms with E-state index in [1.165, 1.54) is 11.3 Å². The lowest BCUT2D eigenvalue weighted by Crippen LogP contribution is -2.38. The molecular formula is C18H20N2O4S. The van der Waals surface area contributed by atoms with Crippen LogP contribution in [0.4, 0.5) is 0 Å². The molecule has 1 aromatic heterocycles. The van der Waals surface area contributed by atoms with Gasteiger partial charge in [0, 0.05) is 11.4 Å². The number of carboxylic acid groups (broad SMARTS) is 1. The van der Waals surface area contributed by atoms with Gasteiger partial charge >= 0.3 is 5.97 Å². The van der Waals surface area contributed by atoms with Crippen LogP contribution in [-0.4, -0.2) is 28.0 Å². The predicted molar refractivity (Wildman–Crippen MR) is 93.7 cm³/mol. The number of hydrogen-bond acceptors (Lipinski definition) is 5. The number of aliphatic carboxylic acids is 1. The summed E-state index contributed by atoms with van der Waals surface area (Å²) >= 11 is 1.50. The molecule has 1 aromatic carbocycles. The number of nitrogens with one attached hydrogen (secondary N) is 1. The topological polar surface area (TPSA) is 88.5 Å². The maximum absolute atomic E-state index is 12.6. The van der Waals surface area contributed by atoms with Crippen LogP contribution in [0.2, 0.25) is 0 Å². The van der Waals surface area contributed by atoms with Gasteiger partial charge < -0.3 is 15.2 Å². The number of hydrogen-bond donors (Lipinski definition) is 2. The number of carboxylic acids is 1. The van der Waals surface area contributed by atoms with E-state index < -0.39 is 5.97 Å². The molecule has 1 saturated carbocycles. The Morgan fingerprint density at radius 1 is 1.24 bits per heavy atom. The predicted octanol–water partition coefficient (Wildman–Crippen LogP) is 3.10. The van der Waals surface area contributed by atoms with Crippen LogP contribution < -0.4 is 10.1 Å². The fourth-order valence-electron chi connectivity index (χ4n) is 2.99. The summed E-state index contributed by atoms with van der Waals surface area (Å²) in [6.45, 7) is 0.317. The number of aromatic nitrogens is 1. The van der Waals surface area contributed by atoms with Gasteiger partial charge in [-0.1, -0.05) is 12.1 Å². The van der Waals surface area contributed by atoms with Crippen LogP contribution in [0.25, 0.3) is 0 Å². The lowest BCUT2D eigenvalue weighted by molar-refractivity contribution is -0.142. The summed E-state index contributed by atoms with van der Waals surface area (Å²) < 4.78 is 5.75. The molecule has 0 unspecified atom stereocenters. The Morgan fingerprint density at radius 3 is 2.68 bits per heavy atom. The van der Waals surface area contributed by atoms with Gasteiger partial charge in [-0.15, -0.1) is 11.3 Å². The molecule has 0 saturated heterocycles. The zero-order valence-electron chi connectivity index (χ0n) is 13.7. The Balaban J connectivity index is 1.59. The monoisotopic (exact) mass is 360 g/mol. The molecule has 0 radical (unpaired) electrons. The van der Waals surface area contributed by atoms with Crippen molar-refractivity contribution in [3.8, 4) is 5.75 Å². The second-order valence-corrected chi connectivity index (χ2v) is 6.84. The molecule has 1 amide bonds. The van der Waals surface area contributed by atoms with Crippen LogP contribution >= 0.6 is 11.3 Å². The van der Waals surface area contributed by atoms with Crippen molar-refractivity contribution in [2.45, 2.75) is 38.3 Å². The van der Waals surface area contributed by atoms with Crippen LogP contribution in [-0.2, 0) is 11.4 Å². The van der Waals surface area contributed by atoms with E-state index >= 15 is 0 Å². The highest BCUT2D eigenvalue weighted by Crippen LogP contribution is 2.25. The smallest absolute Gasteiger partial charge is 0.306 e. The van der Waals surface area contributed by atoms with Gasteiger partial charge in [0.25, 0.3) is 5.91 Å². The third kappa shape index (κ3) is 4.57. The molecular weight excluding hydrogens is 340 g/mol. The summed E-state index contributed by atoms with van der Waals surface area (Å²) in [7, 11) is 0. The van der Waals surface area contributed by atoms with Gasteiger partial charge in [-0.05, 0) is 37.8 Å². The number of thiazole rings is 1. The Bertz CT molecular complexity index is 724. The number of carbonyl (C=O) groups excluding carboxylic acids is 1. The highest BCUT2D eigenvalue weighted by Gasteiger charge is 2.27. The van der Waals surface area contributed by atoms with E-state index in [1.54, 1.807) is 23.7 Å². The highest BCUT2D eigenvalue weighted by molar-refractivity contribution is 7.07. The van der Waals surface area contributed by atoms with Gasteiger partial charge in [0.2, 0.25) is 0 Å². The second kappa shape index (κ2) is 8.11. The van der Waals surface area contributed by atoms with Gasteiger partial charge in [0.1, 0.15) is 12.4 Å². The van der Waals surface area contributed by atoms with Crippen molar-refractivity contribution in [3.05, 3.63) is 46.4 Å². The van der Waals surface area contributed by atoms with Gasteiger partial charge in [-0.2, -0.15) is 0 Å². The number of ether oxygens (including phenoxy) is 1. The van der Waals surface area contributed by atoms with Gasteiger partial charge in [-0.3, -0.25) is 9.59 Å². The van der Waals surface area contributed by atoms with Gasteiger partial charge in [0.05, 0.1) is 22.7 Å². The molecule has 1 aliphatic rings. The summed E-state index contributed by atoms with van der Waals surface area (Å²) in [5.41, 5.74) is 3.05. The zero-order chi connectivity index (χ0) is 17.6. The molecule has 0 spiro atoms. The van der Waals surface area contributed by atoms with Crippen molar-refractivity contribution in [3.63, 3.8) is 0 Å². The molecule has 25 heavy (non-hydrogen) atoms. The first kappa shape index (κ1) is 17.4. The molecule has 1 fully saturated rings. The minimum absolute atomic E-state index is 0.00898.